The molecule has 0 atom stereocenters. The van der Waals surface area contributed by atoms with Gasteiger partial charge >= 0.3 is 0 Å². The fraction of sp³-hybridized carbons (Fsp3) is 0.211. The Hall–Kier alpha value is -2.73. The largest absolute Gasteiger partial charge is 0.368 e. The number of nitrogen functional groups attached to an aromatic ring is 1. The summed E-state index contributed by atoms with van der Waals surface area (Å²) in [6.45, 7) is 1.45. The average Bonchev–Trinajstić information content (AvgIpc) is 3.00. The summed E-state index contributed by atoms with van der Waals surface area (Å²) < 4.78 is 0. The summed E-state index contributed by atoms with van der Waals surface area (Å²) in [6.07, 6.45) is 12.0. The van der Waals surface area contributed by atoms with Crippen molar-refractivity contribution in [2.45, 2.75) is 12.8 Å². The van der Waals surface area contributed by atoms with E-state index in [0.29, 0.717) is 6.54 Å². The molecule has 6 heteroatoms. The second kappa shape index (κ2) is 6.64. The Morgan fingerprint density at radius 2 is 2.16 bits per heavy atom. The molecule has 126 valence electrons. The number of hydrogen-bond acceptors (Lipinski definition) is 5. The molecule has 1 amide bonds. The standard InChI is InChI=1S/C19H18N4OS/c20-19-21-10-8-15(22-19)16-6-7-17(25-16)18(24)23-11-9-13-4-2-1-3-5-14(13)12-23/h1-3,5-8,10H,4,9,11-12H2,(H2,20,21,22). The Labute approximate surface area is 150 Å². The fourth-order valence-corrected chi connectivity index (χ4v) is 4.07. The number of anilines is 1. The van der Waals surface area contributed by atoms with Gasteiger partial charge in [-0.15, -0.1) is 11.3 Å². The van der Waals surface area contributed by atoms with Crippen LogP contribution in [-0.4, -0.2) is 33.9 Å². The van der Waals surface area contributed by atoms with Crippen LogP contribution in [0.5, 0.6) is 0 Å². The van der Waals surface area contributed by atoms with Gasteiger partial charge in [0.15, 0.2) is 0 Å². The third-order valence-corrected chi connectivity index (χ3v) is 5.53. The number of nitrogens with two attached hydrogens (primary N) is 1. The summed E-state index contributed by atoms with van der Waals surface area (Å²) in [6, 6.07) is 5.59. The Kier molecular flexibility index (Phi) is 4.19. The molecule has 0 unspecified atom stereocenters. The highest BCUT2D eigenvalue weighted by Crippen LogP contribution is 2.30. The molecular weight excluding hydrogens is 332 g/mol. The Balaban J connectivity index is 1.53. The lowest BCUT2D eigenvalue weighted by molar-refractivity contribution is 0.0769. The van der Waals surface area contributed by atoms with E-state index in [9.17, 15) is 4.79 Å². The van der Waals surface area contributed by atoms with Crippen LogP contribution in [0, 0.1) is 0 Å². The first-order valence-corrected chi connectivity index (χ1v) is 9.04. The van der Waals surface area contributed by atoms with Gasteiger partial charge in [-0.1, -0.05) is 29.9 Å². The smallest absolute Gasteiger partial charge is 0.264 e. The molecule has 2 aliphatic rings. The SMILES string of the molecule is Nc1nccc(-c2ccc(C(=O)N3CCC4=C(C=CC=CC4)C3)s2)n1. The van der Waals surface area contributed by atoms with Crippen LogP contribution in [0.1, 0.15) is 22.5 Å². The van der Waals surface area contributed by atoms with Crippen molar-refractivity contribution in [2.75, 3.05) is 18.8 Å². The predicted molar refractivity (Wildman–Crippen MR) is 100 cm³/mol. The van der Waals surface area contributed by atoms with Gasteiger partial charge < -0.3 is 10.6 Å². The van der Waals surface area contributed by atoms with Gasteiger partial charge in [-0.3, -0.25) is 4.79 Å². The molecule has 0 bridgehead atoms. The maximum atomic E-state index is 12.9. The van der Waals surface area contributed by atoms with Gasteiger partial charge in [0.2, 0.25) is 5.95 Å². The lowest BCUT2D eigenvalue weighted by Crippen LogP contribution is -2.36. The van der Waals surface area contributed by atoms with E-state index in [1.165, 1.54) is 22.5 Å². The highest BCUT2D eigenvalue weighted by atomic mass is 32.1. The third kappa shape index (κ3) is 3.25. The summed E-state index contributed by atoms with van der Waals surface area (Å²) in [4.78, 5) is 24.6. The van der Waals surface area contributed by atoms with Gasteiger partial charge in [-0.05, 0) is 36.6 Å². The van der Waals surface area contributed by atoms with E-state index in [2.05, 4.69) is 34.3 Å². The number of carbonyl (C=O) groups is 1. The van der Waals surface area contributed by atoms with Crippen LogP contribution < -0.4 is 5.73 Å². The third-order valence-electron chi connectivity index (χ3n) is 4.44. The van der Waals surface area contributed by atoms with Gasteiger partial charge in [0.05, 0.1) is 15.4 Å². The molecule has 2 aromatic heterocycles. The van der Waals surface area contributed by atoms with E-state index in [4.69, 9.17) is 5.73 Å². The quantitative estimate of drug-likeness (QED) is 0.900. The topological polar surface area (TPSA) is 72.1 Å². The number of allylic oxidation sites excluding steroid dienone is 3. The fourth-order valence-electron chi connectivity index (χ4n) is 3.12. The molecule has 1 aliphatic carbocycles. The van der Waals surface area contributed by atoms with Crippen LogP contribution in [0.25, 0.3) is 10.6 Å². The molecule has 0 radical (unpaired) electrons. The van der Waals surface area contributed by atoms with Crippen molar-refractivity contribution in [2.24, 2.45) is 0 Å². The normalized spacial score (nSPS) is 16.7. The molecule has 3 heterocycles. The number of carbonyl (C=O) groups excluding carboxylic acids is 1. The molecule has 2 aromatic rings. The van der Waals surface area contributed by atoms with Crippen molar-refractivity contribution in [3.63, 3.8) is 0 Å². The molecule has 4 rings (SSSR count). The molecule has 0 fully saturated rings. The van der Waals surface area contributed by atoms with Crippen LogP contribution in [0.15, 0.2) is 59.8 Å². The first-order valence-electron chi connectivity index (χ1n) is 8.23. The lowest BCUT2D eigenvalue weighted by Gasteiger charge is -2.29. The molecule has 0 aromatic carbocycles. The van der Waals surface area contributed by atoms with Crippen molar-refractivity contribution in [1.82, 2.24) is 14.9 Å². The zero-order valence-corrected chi connectivity index (χ0v) is 14.5. The van der Waals surface area contributed by atoms with Crippen molar-refractivity contribution in [1.29, 1.82) is 0 Å². The zero-order chi connectivity index (χ0) is 17.2. The Bertz CT molecular complexity index is 910. The maximum Gasteiger partial charge on any atom is 0.264 e. The first-order chi connectivity index (χ1) is 12.2. The molecular formula is C19H18N4OS. The number of rotatable bonds is 2. The molecule has 0 saturated heterocycles. The lowest BCUT2D eigenvalue weighted by atomic mass is 9.98. The van der Waals surface area contributed by atoms with Gasteiger partial charge in [0.25, 0.3) is 5.91 Å². The van der Waals surface area contributed by atoms with E-state index < -0.39 is 0 Å². The highest BCUT2D eigenvalue weighted by molar-refractivity contribution is 7.17. The van der Waals surface area contributed by atoms with Crippen LogP contribution in [0.2, 0.25) is 0 Å². The van der Waals surface area contributed by atoms with Gasteiger partial charge in [0, 0.05) is 19.3 Å². The van der Waals surface area contributed by atoms with Crippen molar-refractivity contribution in [3.05, 3.63) is 64.7 Å². The maximum absolute atomic E-state index is 12.9. The molecule has 25 heavy (non-hydrogen) atoms. The van der Waals surface area contributed by atoms with Crippen molar-refractivity contribution >= 4 is 23.2 Å². The molecule has 2 N–H and O–H groups in total. The van der Waals surface area contributed by atoms with Gasteiger partial charge in [0.1, 0.15) is 0 Å². The number of hydrogen-bond donors (Lipinski definition) is 1. The summed E-state index contributed by atoms with van der Waals surface area (Å²) in [7, 11) is 0. The number of nitrogens with zero attached hydrogens (tertiary/aromatic N) is 3. The number of amides is 1. The van der Waals surface area contributed by atoms with E-state index in [1.54, 1.807) is 12.3 Å². The number of thiophene rings is 1. The summed E-state index contributed by atoms with van der Waals surface area (Å²) in [5.41, 5.74) is 9.10. The highest BCUT2D eigenvalue weighted by Gasteiger charge is 2.24. The molecule has 0 spiro atoms. The number of aromatic nitrogens is 2. The van der Waals surface area contributed by atoms with Crippen molar-refractivity contribution < 1.29 is 4.79 Å². The summed E-state index contributed by atoms with van der Waals surface area (Å²) in [5.74, 6) is 0.318. The van der Waals surface area contributed by atoms with Crippen molar-refractivity contribution in [3.8, 4) is 10.6 Å². The average molecular weight is 350 g/mol. The first kappa shape index (κ1) is 15.8. The van der Waals surface area contributed by atoms with Crippen LogP contribution in [0.3, 0.4) is 0 Å². The van der Waals surface area contributed by atoms with Gasteiger partial charge in [-0.25, -0.2) is 9.97 Å². The van der Waals surface area contributed by atoms with E-state index in [1.807, 2.05) is 17.0 Å². The monoisotopic (exact) mass is 350 g/mol. The second-order valence-electron chi connectivity index (χ2n) is 6.06. The van der Waals surface area contributed by atoms with E-state index in [0.717, 1.165) is 34.8 Å². The van der Waals surface area contributed by atoms with Crippen LogP contribution in [0.4, 0.5) is 5.95 Å². The van der Waals surface area contributed by atoms with Gasteiger partial charge in [-0.2, -0.15) is 0 Å². The minimum Gasteiger partial charge on any atom is -0.368 e. The summed E-state index contributed by atoms with van der Waals surface area (Å²) in [5, 5.41) is 0. The zero-order valence-electron chi connectivity index (χ0n) is 13.7. The molecule has 1 aliphatic heterocycles. The minimum atomic E-state index is 0.0791. The van der Waals surface area contributed by atoms with E-state index in [-0.39, 0.29) is 11.9 Å². The van der Waals surface area contributed by atoms with Crippen LogP contribution in [-0.2, 0) is 0 Å². The second-order valence-corrected chi connectivity index (χ2v) is 7.14. The predicted octanol–water partition coefficient (Wildman–Crippen LogP) is 3.45. The summed E-state index contributed by atoms with van der Waals surface area (Å²) >= 11 is 1.45. The molecule has 0 saturated carbocycles. The van der Waals surface area contributed by atoms with Crippen LogP contribution >= 0.6 is 11.3 Å². The Morgan fingerprint density at radius 1 is 1.24 bits per heavy atom. The minimum absolute atomic E-state index is 0.0791. The van der Waals surface area contributed by atoms with E-state index >= 15 is 0 Å². The molecule has 5 nitrogen and oxygen atoms in total. The Morgan fingerprint density at radius 3 is 3.04 bits per heavy atom.